The summed E-state index contributed by atoms with van der Waals surface area (Å²) in [7, 11) is 1.55. The van der Waals surface area contributed by atoms with Crippen molar-refractivity contribution in [2.45, 2.75) is 63.1 Å². The van der Waals surface area contributed by atoms with Crippen LogP contribution < -0.4 is 4.90 Å². The molecule has 1 aliphatic heterocycles. The molecule has 7 nitrogen and oxygen atoms in total. The summed E-state index contributed by atoms with van der Waals surface area (Å²) < 4.78 is 5.19. The Kier molecular flexibility index (Phi) is 6.46. The number of carbonyl (C=O) groups excluding carboxylic acids is 1. The number of methoxy groups -OCH3 is 1. The number of carbonyl (C=O) groups is 1. The number of ether oxygens (including phenoxy) is 1. The Balaban J connectivity index is 1.79. The number of hydrogen-bond acceptors (Lipinski definition) is 6. The van der Waals surface area contributed by atoms with Gasteiger partial charge in [0, 0.05) is 26.0 Å². The minimum absolute atomic E-state index is 0.238. The molecular weight excluding hydrogens is 352 g/mol. The molecule has 1 N–H and O–H groups in total. The van der Waals surface area contributed by atoms with Crippen LogP contribution in [0.5, 0.6) is 0 Å². The summed E-state index contributed by atoms with van der Waals surface area (Å²) in [5, 5.41) is 20.7. The van der Waals surface area contributed by atoms with Gasteiger partial charge in [0.15, 0.2) is 6.23 Å². The second-order valence-electron chi connectivity index (χ2n) is 6.85. The quantitative estimate of drug-likeness (QED) is 0.608. The number of hydrogen-bond donors (Lipinski definition) is 1. The third kappa shape index (κ3) is 3.85. The van der Waals surface area contributed by atoms with Crippen LogP contribution in [-0.4, -0.2) is 58.8 Å². The van der Waals surface area contributed by atoms with Crippen molar-refractivity contribution in [3.63, 3.8) is 0 Å². The number of aromatic nitrogens is 2. The monoisotopic (exact) mass is 378 g/mol. The number of urea groups is 1. The Bertz CT molecular complexity index is 651. The average molecular weight is 378 g/mol. The molecule has 1 saturated heterocycles. The van der Waals surface area contributed by atoms with Gasteiger partial charge in [-0.1, -0.05) is 37.0 Å². The van der Waals surface area contributed by atoms with Crippen molar-refractivity contribution < 1.29 is 14.6 Å². The van der Waals surface area contributed by atoms with Gasteiger partial charge in [0.25, 0.3) is 0 Å². The molecule has 0 aromatic carbocycles. The molecule has 3 rings (SSSR count). The Morgan fingerprint density at radius 1 is 1.31 bits per heavy atom. The summed E-state index contributed by atoms with van der Waals surface area (Å²) in [6, 6.07) is -0.760. The van der Waals surface area contributed by atoms with E-state index in [1.165, 1.54) is 41.9 Å². The molecule has 1 aromatic heterocycles. The Labute approximate surface area is 158 Å². The molecule has 0 spiro atoms. The fourth-order valence-electron chi connectivity index (χ4n) is 3.73. The third-order valence-corrected chi connectivity index (χ3v) is 6.22. The molecule has 8 heteroatoms. The molecule has 2 unspecified atom stereocenters. The standard InChI is InChI=1S/C18H26N4O3S/c1-3-4-11-21-14(12-25-2)16(23)22(18(21)24)17-20-19-15(26-17)13-9-7-5-6-8-10-13/h1,13-14,16,23H,4-12H2,2H3. The van der Waals surface area contributed by atoms with Gasteiger partial charge in [-0.05, 0) is 12.8 Å². The van der Waals surface area contributed by atoms with Gasteiger partial charge in [-0.2, -0.15) is 0 Å². The molecular formula is C18H26N4O3S. The number of aliphatic hydroxyl groups excluding tert-OH is 1. The predicted molar refractivity (Wildman–Crippen MR) is 100 cm³/mol. The van der Waals surface area contributed by atoms with Crippen LogP contribution in [0.1, 0.15) is 55.9 Å². The Hall–Kier alpha value is -1.69. The van der Waals surface area contributed by atoms with E-state index in [0.717, 1.165) is 17.8 Å². The van der Waals surface area contributed by atoms with Crippen LogP contribution in [0.2, 0.25) is 0 Å². The summed E-state index contributed by atoms with van der Waals surface area (Å²) in [6.45, 7) is 0.619. The van der Waals surface area contributed by atoms with E-state index >= 15 is 0 Å². The highest BCUT2D eigenvalue weighted by atomic mass is 32.1. The van der Waals surface area contributed by atoms with Gasteiger partial charge >= 0.3 is 6.03 Å². The van der Waals surface area contributed by atoms with E-state index in [1.54, 1.807) is 12.0 Å². The second-order valence-corrected chi connectivity index (χ2v) is 7.84. The molecule has 1 aromatic rings. The SMILES string of the molecule is C#CCCN1C(=O)N(c2nnc(C3CCCCCC3)s2)C(O)C1COC. The first-order valence-corrected chi connectivity index (χ1v) is 10.0. The van der Waals surface area contributed by atoms with Crippen molar-refractivity contribution in [3.8, 4) is 12.3 Å². The van der Waals surface area contributed by atoms with Gasteiger partial charge in [-0.3, -0.25) is 0 Å². The largest absolute Gasteiger partial charge is 0.382 e. The van der Waals surface area contributed by atoms with Crippen molar-refractivity contribution in [1.29, 1.82) is 0 Å². The highest BCUT2D eigenvalue weighted by molar-refractivity contribution is 7.15. The molecule has 1 aliphatic carbocycles. The molecule has 26 heavy (non-hydrogen) atoms. The van der Waals surface area contributed by atoms with Gasteiger partial charge in [0.05, 0.1) is 6.61 Å². The zero-order chi connectivity index (χ0) is 18.5. The lowest BCUT2D eigenvalue weighted by atomic mass is 10.0. The first-order chi connectivity index (χ1) is 12.7. The highest BCUT2D eigenvalue weighted by Gasteiger charge is 2.47. The van der Waals surface area contributed by atoms with E-state index < -0.39 is 12.3 Å². The zero-order valence-electron chi connectivity index (χ0n) is 15.1. The normalized spacial score (nSPS) is 24.7. The fraction of sp³-hybridized carbons (Fsp3) is 0.722. The van der Waals surface area contributed by atoms with Gasteiger partial charge < -0.3 is 14.7 Å². The van der Waals surface area contributed by atoms with E-state index in [1.807, 2.05) is 0 Å². The smallest absolute Gasteiger partial charge is 0.329 e. The lowest BCUT2D eigenvalue weighted by Gasteiger charge is -2.22. The second kappa shape index (κ2) is 8.80. The molecule has 2 amide bonds. The third-order valence-electron chi connectivity index (χ3n) is 5.14. The molecule has 2 fully saturated rings. The van der Waals surface area contributed by atoms with Crippen LogP contribution in [0.3, 0.4) is 0 Å². The average Bonchev–Trinajstić information content (AvgIpc) is 3.06. The molecule has 1 saturated carbocycles. The Morgan fingerprint density at radius 3 is 2.69 bits per heavy atom. The van der Waals surface area contributed by atoms with Crippen molar-refractivity contribution in [2.75, 3.05) is 25.2 Å². The molecule has 142 valence electrons. The van der Waals surface area contributed by atoms with E-state index in [9.17, 15) is 9.90 Å². The minimum atomic E-state index is -1.02. The Morgan fingerprint density at radius 2 is 2.04 bits per heavy atom. The van der Waals surface area contributed by atoms with Gasteiger partial charge in [-0.15, -0.1) is 22.5 Å². The van der Waals surface area contributed by atoms with Crippen molar-refractivity contribution >= 4 is 22.5 Å². The van der Waals surface area contributed by atoms with Crippen molar-refractivity contribution in [1.82, 2.24) is 15.1 Å². The predicted octanol–water partition coefficient (Wildman–Crippen LogP) is 2.57. The topological polar surface area (TPSA) is 78.8 Å². The summed E-state index contributed by atoms with van der Waals surface area (Å²) in [5.74, 6) is 2.95. The van der Waals surface area contributed by atoms with E-state index in [4.69, 9.17) is 11.2 Å². The number of anilines is 1. The molecule has 2 aliphatic rings. The summed E-state index contributed by atoms with van der Waals surface area (Å²) >= 11 is 1.41. The maximum Gasteiger partial charge on any atom is 0.329 e. The number of rotatable bonds is 6. The molecule has 0 bridgehead atoms. The van der Waals surface area contributed by atoms with Gasteiger partial charge in [0.1, 0.15) is 11.0 Å². The lowest BCUT2D eigenvalue weighted by Crippen LogP contribution is -2.41. The van der Waals surface area contributed by atoms with Crippen LogP contribution in [-0.2, 0) is 4.74 Å². The van der Waals surface area contributed by atoms with E-state index in [-0.39, 0.29) is 12.6 Å². The van der Waals surface area contributed by atoms with Crippen LogP contribution in [0.15, 0.2) is 0 Å². The molecule has 0 radical (unpaired) electrons. The van der Waals surface area contributed by atoms with Crippen LogP contribution in [0, 0.1) is 12.3 Å². The van der Waals surface area contributed by atoms with Crippen LogP contribution in [0.4, 0.5) is 9.93 Å². The molecule has 2 heterocycles. The number of aliphatic hydroxyl groups is 1. The summed E-state index contributed by atoms with van der Waals surface area (Å²) in [4.78, 5) is 15.8. The van der Waals surface area contributed by atoms with E-state index in [0.29, 0.717) is 24.0 Å². The number of nitrogens with zero attached hydrogens (tertiary/aromatic N) is 4. The first-order valence-electron chi connectivity index (χ1n) is 9.21. The fourth-order valence-corrected chi connectivity index (χ4v) is 4.77. The zero-order valence-corrected chi connectivity index (χ0v) is 16.0. The maximum absolute atomic E-state index is 12.9. The van der Waals surface area contributed by atoms with Crippen LogP contribution in [0.25, 0.3) is 0 Å². The van der Waals surface area contributed by atoms with Crippen molar-refractivity contribution in [3.05, 3.63) is 5.01 Å². The van der Waals surface area contributed by atoms with Crippen LogP contribution >= 0.6 is 11.3 Å². The van der Waals surface area contributed by atoms with Crippen molar-refractivity contribution in [2.24, 2.45) is 0 Å². The van der Waals surface area contributed by atoms with E-state index in [2.05, 4.69) is 16.1 Å². The van der Waals surface area contributed by atoms with Gasteiger partial charge in [-0.25, -0.2) is 9.69 Å². The number of amides is 2. The minimum Gasteiger partial charge on any atom is -0.382 e. The summed E-state index contributed by atoms with van der Waals surface area (Å²) in [5.41, 5.74) is 0. The highest BCUT2D eigenvalue weighted by Crippen LogP contribution is 2.37. The summed E-state index contributed by atoms with van der Waals surface area (Å²) in [6.07, 6.45) is 11.9. The number of terminal acetylenes is 1. The maximum atomic E-state index is 12.9. The van der Waals surface area contributed by atoms with Gasteiger partial charge in [0.2, 0.25) is 5.13 Å². The first kappa shape index (κ1) is 19.1. The lowest BCUT2D eigenvalue weighted by molar-refractivity contribution is 0.0561. The molecule has 2 atom stereocenters.